The Morgan fingerprint density at radius 2 is 1.05 bits per heavy atom. The molecule has 0 aliphatic rings. The highest BCUT2D eigenvalue weighted by molar-refractivity contribution is 5.99. The molecule has 8 nitrogen and oxygen atoms in total. The molecule has 2 atom stereocenters. The van der Waals surface area contributed by atoms with E-state index < -0.39 is 24.0 Å². The average molecular weight is 314 g/mol. The molecule has 4 N–H and O–H groups in total. The van der Waals surface area contributed by atoms with Crippen LogP contribution in [0.25, 0.3) is 0 Å². The monoisotopic (exact) mass is 314 g/mol. The number of rotatable bonds is 8. The Morgan fingerprint density at radius 3 is 1.23 bits per heavy atom. The van der Waals surface area contributed by atoms with E-state index in [2.05, 4.69) is 10.6 Å². The van der Waals surface area contributed by atoms with E-state index in [1.807, 2.05) is 0 Å². The minimum absolute atomic E-state index is 0.122. The van der Waals surface area contributed by atoms with Gasteiger partial charge in [-0.05, 0) is 13.8 Å². The molecule has 0 aromatic rings. The molecule has 0 aliphatic heterocycles. The standard InChI is InChI=1S/C14H22N2O6/c1-7(15-9(3)17)5-11(13(19)20)12(14(21)22)6-8(2)16-10(4)18/h7-8H,5-6H2,1-4H3,(H,15,17)(H,16,18)(H,19,20)(H,21,22)/t7-,8-/m1/s1. The van der Waals surface area contributed by atoms with Gasteiger partial charge in [0.25, 0.3) is 0 Å². The summed E-state index contributed by atoms with van der Waals surface area (Å²) in [4.78, 5) is 44.6. The van der Waals surface area contributed by atoms with Crippen LogP contribution >= 0.6 is 0 Å². The summed E-state index contributed by atoms with van der Waals surface area (Å²) in [5.74, 6) is -3.38. The maximum Gasteiger partial charge on any atom is 0.332 e. The molecule has 0 saturated carbocycles. The first kappa shape index (κ1) is 19.6. The van der Waals surface area contributed by atoms with Gasteiger partial charge in [0.2, 0.25) is 11.8 Å². The molecular weight excluding hydrogens is 292 g/mol. The van der Waals surface area contributed by atoms with Gasteiger partial charge in [0.05, 0.1) is 0 Å². The first-order valence-corrected chi connectivity index (χ1v) is 6.77. The highest BCUT2D eigenvalue weighted by Gasteiger charge is 2.24. The van der Waals surface area contributed by atoms with Crippen LogP contribution in [0.15, 0.2) is 11.1 Å². The van der Waals surface area contributed by atoms with Crippen molar-refractivity contribution in [2.75, 3.05) is 0 Å². The average Bonchev–Trinajstić information content (AvgIpc) is 2.30. The number of aliphatic carboxylic acids is 2. The van der Waals surface area contributed by atoms with Crippen LogP contribution in [0.4, 0.5) is 0 Å². The van der Waals surface area contributed by atoms with Crippen molar-refractivity contribution >= 4 is 23.8 Å². The summed E-state index contributed by atoms with van der Waals surface area (Å²) in [5, 5.41) is 23.5. The van der Waals surface area contributed by atoms with Crippen LogP contribution in [0.5, 0.6) is 0 Å². The molecule has 0 spiro atoms. The third kappa shape index (κ3) is 7.41. The summed E-state index contributed by atoms with van der Waals surface area (Å²) in [7, 11) is 0. The molecule has 22 heavy (non-hydrogen) atoms. The van der Waals surface area contributed by atoms with Crippen molar-refractivity contribution in [3.8, 4) is 0 Å². The van der Waals surface area contributed by atoms with Gasteiger partial charge < -0.3 is 20.8 Å². The number of hydrogen-bond donors (Lipinski definition) is 4. The van der Waals surface area contributed by atoms with Crippen molar-refractivity contribution < 1.29 is 29.4 Å². The van der Waals surface area contributed by atoms with Crippen LogP contribution in [-0.2, 0) is 19.2 Å². The second-order valence-corrected chi connectivity index (χ2v) is 5.18. The molecule has 0 rings (SSSR count). The van der Waals surface area contributed by atoms with Crippen molar-refractivity contribution in [1.82, 2.24) is 10.6 Å². The van der Waals surface area contributed by atoms with Gasteiger partial charge >= 0.3 is 11.9 Å². The van der Waals surface area contributed by atoms with E-state index in [9.17, 15) is 29.4 Å². The maximum absolute atomic E-state index is 11.3. The van der Waals surface area contributed by atoms with Crippen molar-refractivity contribution in [3.63, 3.8) is 0 Å². The molecule has 0 bridgehead atoms. The third-order valence-corrected chi connectivity index (χ3v) is 2.80. The van der Waals surface area contributed by atoms with Crippen LogP contribution in [0.2, 0.25) is 0 Å². The molecule has 0 radical (unpaired) electrons. The Kier molecular flexibility index (Phi) is 7.85. The van der Waals surface area contributed by atoms with E-state index in [-0.39, 0.29) is 35.8 Å². The molecule has 0 aromatic heterocycles. The Morgan fingerprint density at radius 1 is 0.773 bits per heavy atom. The first-order chi connectivity index (χ1) is 10.0. The van der Waals surface area contributed by atoms with Gasteiger partial charge in [-0.15, -0.1) is 0 Å². The number of amides is 2. The fourth-order valence-electron chi connectivity index (χ4n) is 2.09. The maximum atomic E-state index is 11.3. The molecule has 0 aromatic carbocycles. The summed E-state index contributed by atoms with van der Waals surface area (Å²) >= 11 is 0. The molecule has 0 unspecified atom stereocenters. The highest BCUT2D eigenvalue weighted by atomic mass is 16.4. The highest BCUT2D eigenvalue weighted by Crippen LogP contribution is 2.18. The lowest BCUT2D eigenvalue weighted by molar-refractivity contribution is -0.136. The number of carbonyl (C=O) groups excluding carboxylic acids is 2. The third-order valence-electron chi connectivity index (χ3n) is 2.80. The summed E-state index contributed by atoms with van der Waals surface area (Å²) in [6, 6.07) is -1.04. The smallest absolute Gasteiger partial charge is 0.332 e. The quantitative estimate of drug-likeness (QED) is 0.476. The van der Waals surface area contributed by atoms with Gasteiger partial charge in [0, 0.05) is 49.9 Å². The lowest BCUT2D eigenvalue weighted by Gasteiger charge is -2.18. The number of carboxylic acids is 2. The second kappa shape index (κ2) is 8.81. The zero-order valence-electron chi connectivity index (χ0n) is 13.1. The molecule has 0 heterocycles. The number of hydrogen-bond acceptors (Lipinski definition) is 4. The van der Waals surface area contributed by atoms with E-state index >= 15 is 0 Å². The Labute approximate surface area is 128 Å². The Hall–Kier alpha value is -2.38. The summed E-state index contributed by atoms with van der Waals surface area (Å²) < 4.78 is 0. The van der Waals surface area contributed by atoms with E-state index in [1.165, 1.54) is 13.8 Å². The van der Waals surface area contributed by atoms with Crippen molar-refractivity contribution in [2.45, 2.75) is 52.6 Å². The SMILES string of the molecule is CC(=O)N[C@H](C)CC(C(=O)O)=C(C[C@@H](C)NC(C)=O)C(=O)O. The van der Waals surface area contributed by atoms with Crippen LogP contribution < -0.4 is 10.6 Å². The van der Waals surface area contributed by atoms with Crippen LogP contribution in [0.1, 0.15) is 40.5 Å². The number of nitrogens with one attached hydrogen (secondary N) is 2. The molecule has 0 fully saturated rings. The van der Waals surface area contributed by atoms with Gasteiger partial charge in [-0.3, -0.25) is 9.59 Å². The number of carbonyl (C=O) groups is 4. The van der Waals surface area contributed by atoms with Crippen molar-refractivity contribution in [3.05, 3.63) is 11.1 Å². The summed E-state index contributed by atoms with van der Waals surface area (Å²) in [6.07, 6.45) is -0.243. The van der Waals surface area contributed by atoms with Crippen LogP contribution in [0, 0.1) is 0 Å². The summed E-state index contributed by atoms with van der Waals surface area (Å²) in [6.45, 7) is 5.75. The van der Waals surface area contributed by atoms with E-state index in [4.69, 9.17) is 0 Å². The molecule has 0 saturated heterocycles. The van der Waals surface area contributed by atoms with Gasteiger partial charge in [-0.2, -0.15) is 0 Å². The Bertz CT molecular complexity index is 454. The zero-order valence-corrected chi connectivity index (χ0v) is 13.1. The normalized spacial score (nSPS) is 14.4. The summed E-state index contributed by atoms with van der Waals surface area (Å²) in [5.41, 5.74) is -0.572. The zero-order chi connectivity index (χ0) is 17.4. The number of carboxylic acid groups (broad SMARTS) is 2. The lowest BCUT2D eigenvalue weighted by Crippen LogP contribution is -2.34. The van der Waals surface area contributed by atoms with Gasteiger partial charge in [0.1, 0.15) is 0 Å². The van der Waals surface area contributed by atoms with E-state index in [1.54, 1.807) is 13.8 Å². The van der Waals surface area contributed by atoms with Crippen LogP contribution in [0.3, 0.4) is 0 Å². The molecular formula is C14H22N2O6. The van der Waals surface area contributed by atoms with Crippen molar-refractivity contribution in [2.24, 2.45) is 0 Å². The lowest BCUT2D eigenvalue weighted by atomic mass is 9.96. The van der Waals surface area contributed by atoms with Crippen LogP contribution in [-0.4, -0.2) is 46.0 Å². The van der Waals surface area contributed by atoms with Gasteiger partial charge in [-0.25, -0.2) is 9.59 Å². The van der Waals surface area contributed by atoms with E-state index in [0.29, 0.717) is 0 Å². The minimum atomic E-state index is -1.36. The predicted molar refractivity (Wildman–Crippen MR) is 78.1 cm³/mol. The predicted octanol–water partition coefficient (Wildman–Crippen LogP) is 0.282. The molecule has 124 valence electrons. The van der Waals surface area contributed by atoms with Gasteiger partial charge in [-0.1, -0.05) is 0 Å². The molecule has 0 aliphatic carbocycles. The largest absolute Gasteiger partial charge is 0.478 e. The molecule has 8 heteroatoms. The Balaban J connectivity index is 5.38. The topological polar surface area (TPSA) is 133 Å². The first-order valence-electron chi connectivity index (χ1n) is 6.77. The fraction of sp³-hybridized carbons (Fsp3) is 0.571. The minimum Gasteiger partial charge on any atom is -0.478 e. The van der Waals surface area contributed by atoms with Crippen molar-refractivity contribution in [1.29, 1.82) is 0 Å². The fourth-order valence-corrected chi connectivity index (χ4v) is 2.09. The van der Waals surface area contributed by atoms with E-state index in [0.717, 1.165) is 0 Å². The van der Waals surface area contributed by atoms with Gasteiger partial charge in [0.15, 0.2) is 0 Å². The second-order valence-electron chi connectivity index (χ2n) is 5.18. The molecule has 2 amide bonds.